The number of carbonyl (C=O) groups is 1. The number of rotatable bonds is 4. The van der Waals surface area contributed by atoms with Gasteiger partial charge in [-0.2, -0.15) is 0 Å². The summed E-state index contributed by atoms with van der Waals surface area (Å²) in [6.07, 6.45) is 13.2. The van der Waals surface area contributed by atoms with Gasteiger partial charge in [-0.1, -0.05) is 29.8 Å². The monoisotopic (exact) mass is 331 g/mol. The molecule has 122 valence electrons. The Hall–Kier alpha value is -1.65. The summed E-state index contributed by atoms with van der Waals surface area (Å²) in [6, 6.07) is 3.82. The number of allylic oxidation sites excluding steroid dienone is 1. The van der Waals surface area contributed by atoms with Crippen molar-refractivity contribution in [3.05, 3.63) is 52.8 Å². The first-order chi connectivity index (χ1) is 11.2. The van der Waals surface area contributed by atoms with Gasteiger partial charge in [0.05, 0.1) is 0 Å². The molecule has 1 aliphatic heterocycles. The molecule has 1 aromatic heterocycles. The number of amides is 1. The summed E-state index contributed by atoms with van der Waals surface area (Å²) in [5.41, 5.74) is 1.83. The topological polar surface area (TPSA) is 45.2 Å². The molecule has 1 N–H and O–H groups in total. The number of hydrogen-bond donors (Lipinski definition) is 1. The van der Waals surface area contributed by atoms with E-state index in [1.165, 1.54) is 24.8 Å². The minimum Gasteiger partial charge on any atom is -0.348 e. The number of halogens is 1. The van der Waals surface area contributed by atoms with Crippen molar-refractivity contribution in [1.29, 1.82) is 0 Å². The molecular weight excluding hydrogens is 310 g/mol. The number of nitrogens with zero attached hydrogens (tertiary/aromatic N) is 2. The average Bonchev–Trinajstić information content (AvgIpc) is 2.61. The maximum atomic E-state index is 12.2. The van der Waals surface area contributed by atoms with E-state index in [2.05, 4.69) is 33.4 Å². The fourth-order valence-corrected chi connectivity index (χ4v) is 3.36. The second-order valence-corrected chi connectivity index (χ2v) is 6.49. The molecule has 4 nitrogen and oxygen atoms in total. The van der Waals surface area contributed by atoms with Crippen LogP contribution in [0.4, 0.5) is 0 Å². The average molecular weight is 332 g/mol. The predicted molar refractivity (Wildman–Crippen MR) is 92.6 cm³/mol. The highest BCUT2D eigenvalue weighted by molar-refractivity contribution is 6.29. The van der Waals surface area contributed by atoms with E-state index in [-0.39, 0.29) is 5.91 Å². The van der Waals surface area contributed by atoms with Crippen molar-refractivity contribution in [2.75, 3.05) is 19.6 Å². The zero-order chi connectivity index (χ0) is 16.1. The molecule has 2 heterocycles. The van der Waals surface area contributed by atoms with Crippen molar-refractivity contribution in [2.45, 2.75) is 31.7 Å². The summed E-state index contributed by atoms with van der Waals surface area (Å²) >= 11 is 5.83. The number of hydrogen-bond acceptors (Lipinski definition) is 3. The standard InChI is InChI=1S/C18H22ClN3O/c19-17-11-15(8-9-20-17)18(23)21-12-14-5-4-10-22(13-14)16-6-2-1-3-7-16/h2,5-6,8-9,11,16H,1,3-4,7,10,12-13H2,(H,21,23)/t16-/m0/s1. The molecule has 0 aromatic carbocycles. The van der Waals surface area contributed by atoms with Crippen LogP contribution in [0, 0.1) is 0 Å². The van der Waals surface area contributed by atoms with Gasteiger partial charge in [0, 0.05) is 37.4 Å². The van der Waals surface area contributed by atoms with Gasteiger partial charge in [0.2, 0.25) is 0 Å². The van der Waals surface area contributed by atoms with Crippen LogP contribution in [0.15, 0.2) is 42.1 Å². The van der Waals surface area contributed by atoms with Crippen LogP contribution in [-0.4, -0.2) is 41.5 Å². The van der Waals surface area contributed by atoms with Gasteiger partial charge in [0.15, 0.2) is 0 Å². The van der Waals surface area contributed by atoms with Crippen molar-refractivity contribution in [3.63, 3.8) is 0 Å². The summed E-state index contributed by atoms with van der Waals surface area (Å²) in [5, 5.41) is 3.32. The summed E-state index contributed by atoms with van der Waals surface area (Å²) < 4.78 is 0. The summed E-state index contributed by atoms with van der Waals surface area (Å²) in [7, 11) is 0. The van der Waals surface area contributed by atoms with Crippen LogP contribution >= 0.6 is 11.6 Å². The van der Waals surface area contributed by atoms with Crippen LogP contribution in [0.5, 0.6) is 0 Å². The highest BCUT2D eigenvalue weighted by Crippen LogP contribution is 2.20. The van der Waals surface area contributed by atoms with Crippen LogP contribution in [0.1, 0.15) is 36.0 Å². The first-order valence-corrected chi connectivity index (χ1v) is 8.58. The highest BCUT2D eigenvalue weighted by Gasteiger charge is 2.21. The number of pyridine rings is 1. The van der Waals surface area contributed by atoms with E-state index in [0.717, 1.165) is 19.5 Å². The van der Waals surface area contributed by atoms with Gasteiger partial charge < -0.3 is 5.32 Å². The number of aromatic nitrogens is 1. The van der Waals surface area contributed by atoms with Crippen LogP contribution < -0.4 is 5.32 Å². The Bertz CT molecular complexity index is 626. The molecule has 0 saturated carbocycles. The lowest BCUT2D eigenvalue weighted by atomic mass is 9.98. The van der Waals surface area contributed by atoms with Gasteiger partial charge in [0.1, 0.15) is 5.15 Å². The second-order valence-electron chi connectivity index (χ2n) is 6.10. The Balaban J connectivity index is 1.53. The third kappa shape index (κ3) is 4.43. The zero-order valence-electron chi connectivity index (χ0n) is 13.2. The molecule has 0 unspecified atom stereocenters. The summed E-state index contributed by atoms with van der Waals surface area (Å²) in [5.74, 6) is -0.107. The molecule has 2 aliphatic rings. The van der Waals surface area contributed by atoms with Crippen molar-refractivity contribution in [2.24, 2.45) is 0 Å². The Morgan fingerprint density at radius 2 is 2.35 bits per heavy atom. The van der Waals surface area contributed by atoms with E-state index in [0.29, 0.717) is 23.3 Å². The van der Waals surface area contributed by atoms with Crippen molar-refractivity contribution < 1.29 is 4.79 Å². The highest BCUT2D eigenvalue weighted by atomic mass is 35.5. The van der Waals surface area contributed by atoms with Gasteiger partial charge >= 0.3 is 0 Å². The van der Waals surface area contributed by atoms with Crippen LogP contribution in [0.2, 0.25) is 5.15 Å². The number of nitrogens with one attached hydrogen (secondary N) is 1. The van der Waals surface area contributed by atoms with E-state index in [1.807, 2.05) is 0 Å². The van der Waals surface area contributed by atoms with E-state index in [1.54, 1.807) is 18.3 Å². The third-order valence-corrected chi connectivity index (χ3v) is 4.62. The molecule has 1 amide bonds. The molecule has 0 fully saturated rings. The Kier molecular flexibility index (Phi) is 5.47. The first-order valence-electron chi connectivity index (χ1n) is 8.21. The summed E-state index contributed by atoms with van der Waals surface area (Å²) in [4.78, 5) is 18.6. The fourth-order valence-electron chi connectivity index (χ4n) is 3.19. The molecule has 3 rings (SSSR count). The largest absolute Gasteiger partial charge is 0.348 e. The fraction of sp³-hybridized carbons (Fsp3) is 0.444. The first kappa shape index (κ1) is 16.2. The minimum atomic E-state index is -0.107. The lowest BCUT2D eigenvalue weighted by Crippen LogP contribution is -2.41. The molecule has 1 atom stereocenters. The van der Waals surface area contributed by atoms with E-state index in [9.17, 15) is 4.79 Å². The van der Waals surface area contributed by atoms with Crippen molar-refractivity contribution in [1.82, 2.24) is 15.2 Å². The molecule has 5 heteroatoms. The van der Waals surface area contributed by atoms with Crippen molar-refractivity contribution >= 4 is 17.5 Å². The molecular formula is C18H22ClN3O. The minimum absolute atomic E-state index is 0.107. The predicted octanol–water partition coefficient (Wildman–Crippen LogP) is 3.21. The smallest absolute Gasteiger partial charge is 0.251 e. The SMILES string of the molecule is O=C(NCC1=CCCN([C@H]2C=CCCC2)C1)c1ccnc(Cl)c1. The zero-order valence-corrected chi connectivity index (χ0v) is 13.9. The molecule has 23 heavy (non-hydrogen) atoms. The van der Waals surface area contributed by atoms with Gasteiger partial charge in [-0.15, -0.1) is 0 Å². The van der Waals surface area contributed by atoms with Crippen LogP contribution in [-0.2, 0) is 0 Å². The van der Waals surface area contributed by atoms with E-state index >= 15 is 0 Å². The van der Waals surface area contributed by atoms with Crippen molar-refractivity contribution in [3.8, 4) is 0 Å². The Morgan fingerprint density at radius 3 is 3.13 bits per heavy atom. The second kappa shape index (κ2) is 7.75. The van der Waals surface area contributed by atoms with Gasteiger partial charge in [-0.3, -0.25) is 9.69 Å². The molecule has 0 spiro atoms. The van der Waals surface area contributed by atoms with Gasteiger partial charge in [-0.25, -0.2) is 4.98 Å². The lowest BCUT2D eigenvalue weighted by Gasteiger charge is -2.34. The molecule has 0 saturated heterocycles. The molecule has 1 aromatic rings. The van der Waals surface area contributed by atoms with E-state index in [4.69, 9.17) is 11.6 Å². The molecule has 1 aliphatic carbocycles. The lowest BCUT2D eigenvalue weighted by molar-refractivity contribution is 0.0955. The van der Waals surface area contributed by atoms with Gasteiger partial charge in [0.25, 0.3) is 5.91 Å². The maximum Gasteiger partial charge on any atom is 0.251 e. The summed E-state index contributed by atoms with van der Waals surface area (Å²) in [6.45, 7) is 2.63. The number of carbonyl (C=O) groups excluding carboxylic acids is 1. The van der Waals surface area contributed by atoms with Crippen LogP contribution in [0.25, 0.3) is 0 Å². The Morgan fingerprint density at radius 1 is 1.43 bits per heavy atom. The van der Waals surface area contributed by atoms with E-state index < -0.39 is 0 Å². The molecule has 0 radical (unpaired) electrons. The Labute approximate surface area is 142 Å². The molecule has 0 bridgehead atoms. The van der Waals surface area contributed by atoms with Gasteiger partial charge in [-0.05, 0) is 43.4 Å². The quantitative estimate of drug-likeness (QED) is 0.680. The third-order valence-electron chi connectivity index (χ3n) is 4.42. The normalized spacial score (nSPS) is 21.8. The van der Waals surface area contributed by atoms with Crippen LogP contribution in [0.3, 0.4) is 0 Å². The maximum absolute atomic E-state index is 12.2.